The molecule has 0 aliphatic rings. The Hall–Kier alpha value is -2.43. The molecule has 0 spiro atoms. The number of benzene rings is 1. The minimum absolute atomic E-state index is 0.179. The van der Waals surface area contributed by atoms with Crippen molar-refractivity contribution >= 4 is 11.0 Å². The molecule has 2 rings (SSSR count). The summed E-state index contributed by atoms with van der Waals surface area (Å²) in [6.45, 7) is 17.7. The molecule has 0 unspecified atom stereocenters. The lowest BCUT2D eigenvalue weighted by atomic mass is 10.1. The summed E-state index contributed by atoms with van der Waals surface area (Å²) in [5.41, 5.74) is 3.03. The van der Waals surface area contributed by atoms with Gasteiger partial charge in [0.2, 0.25) is 0 Å². The van der Waals surface area contributed by atoms with Crippen LogP contribution in [0.4, 0.5) is 0 Å². The van der Waals surface area contributed by atoms with E-state index >= 15 is 0 Å². The smallest absolute Gasteiger partial charge is 0.336 e. The van der Waals surface area contributed by atoms with Gasteiger partial charge in [0, 0.05) is 24.7 Å². The van der Waals surface area contributed by atoms with Gasteiger partial charge in [-0.1, -0.05) is 35.4 Å². The molecule has 0 bridgehead atoms. The molecule has 4 nitrogen and oxygen atoms in total. The molecule has 0 radical (unpaired) electrons. The molecule has 0 N–H and O–H groups in total. The standard InChI is InChI=1S/C14H26O2.C9H6O2.C2H4/c1-6-15-14(16-7-2)11-13(5)10-8-9-12(3)4;10-9-6-5-7-3-1-2-4-8(7)11-9;1-2/h9,11,14H,6-8,10H2,1-5H3;1-6H;1-2H2/b13-11+;;. The predicted octanol–water partition coefficient (Wildman–Crippen LogP) is 6.67. The van der Waals surface area contributed by atoms with Crippen LogP contribution >= 0.6 is 0 Å². The fourth-order valence-electron chi connectivity index (χ4n) is 2.39. The second-order valence-corrected chi connectivity index (χ2v) is 6.40. The van der Waals surface area contributed by atoms with Gasteiger partial charge in [0.1, 0.15) is 5.58 Å². The second kappa shape index (κ2) is 16.5. The van der Waals surface area contributed by atoms with E-state index in [-0.39, 0.29) is 11.9 Å². The highest BCUT2D eigenvalue weighted by Crippen LogP contribution is 2.10. The lowest BCUT2D eigenvalue weighted by molar-refractivity contribution is -0.104. The highest BCUT2D eigenvalue weighted by Gasteiger charge is 2.03. The quantitative estimate of drug-likeness (QED) is 0.282. The number of fused-ring (bicyclic) bond motifs is 1. The van der Waals surface area contributed by atoms with Gasteiger partial charge in [-0.3, -0.25) is 0 Å². The zero-order valence-electron chi connectivity index (χ0n) is 18.6. The van der Waals surface area contributed by atoms with E-state index in [4.69, 9.17) is 13.9 Å². The Labute approximate surface area is 175 Å². The van der Waals surface area contributed by atoms with Crippen molar-refractivity contribution in [2.45, 2.75) is 53.8 Å². The molecule has 1 aromatic carbocycles. The molecule has 0 saturated carbocycles. The van der Waals surface area contributed by atoms with Gasteiger partial charge >= 0.3 is 5.63 Å². The van der Waals surface area contributed by atoms with Crippen LogP contribution in [0.3, 0.4) is 0 Å². The normalized spacial score (nSPS) is 10.6. The van der Waals surface area contributed by atoms with Gasteiger partial charge in [0.15, 0.2) is 6.29 Å². The summed E-state index contributed by atoms with van der Waals surface area (Å²) in [6, 6.07) is 10.6. The van der Waals surface area contributed by atoms with E-state index in [2.05, 4.69) is 46.1 Å². The van der Waals surface area contributed by atoms with Gasteiger partial charge in [-0.25, -0.2) is 4.79 Å². The van der Waals surface area contributed by atoms with Crippen molar-refractivity contribution in [2.75, 3.05) is 13.2 Å². The molecule has 0 aliphatic carbocycles. The number of ether oxygens (including phenoxy) is 2. The predicted molar refractivity (Wildman–Crippen MR) is 123 cm³/mol. The second-order valence-electron chi connectivity index (χ2n) is 6.40. The van der Waals surface area contributed by atoms with E-state index < -0.39 is 0 Å². The third kappa shape index (κ3) is 12.6. The highest BCUT2D eigenvalue weighted by molar-refractivity contribution is 5.75. The molecule has 1 aromatic heterocycles. The molecule has 160 valence electrons. The summed E-state index contributed by atoms with van der Waals surface area (Å²) in [6.07, 6.45) is 6.32. The lowest BCUT2D eigenvalue weighted by Crippen LogP contribution is -2.14. The summed E-state index contributed by atoms with van der Waals surface area (Å²) in [7, 11) is 0. The van der Waals surface area contributed by atoms with E-state index in [9.17, 15) is 4.79 Å². The molecule has 0 fully saturated rings. The summed E-state index contributed by atoms with van der Waals surface area (Å²) in [4.78, 5) is 10.7. The molecule has 0 atom stereocenters. The molecule has 1 heterocycles. The van der Waals surface area contributed by atoms with Crippen molar-refractivity contribution in [3.8, 4) is 0 Å². The van der Waals surface area contributed by atoms with Crippen LogP contribution < -0.4 is 5.63 Å². The third-order valence-corrected chi connectivity index (χ3v) is 3.70. The van der Waals surface area contributed by atoms with Crippen LogP contribution in [0.25, 0.3) is 11.0 Å². The van der Waals surface area contributed by atoms with Gasteiger partial charge in [-0.2, -0.15) is 0 Å². The maximum Gasteiger partial charge on any atom is 0.336 e. The fourth-order valence-corrected chi connectivity index (χ4v) is 2.39. The Balaban J connectivity index is 0.000000520. The number of hydrogen-bond acceptors (Lipinski definition) is 4. The van der Waals surface area contributed by atoms with Gasteiger partial charge in [0.25, 0.3) is 0 Å². The first-order valence-corrected chi connectivity index (χ1v) is 9.99. The van der Waals surface area contributed by atoms with Crippen LogP contribution in [0.1, 0.15) is 47.5 Å². The monoisotopic (exact) mass is 400 g/mol. The van der Waals surface area contributed by atoms with Crippen molar-refractivity contribution in [3.63, 3.8) is 0 Å². The summed E-state index contributed by atoms with van der Waals surface area (Å²) >= 11 is 0. The largest absolute Gasteiger partial charge is 0.423 e. The number of allylic oxidation sites excluding steroid dienone is 3. The van der Waals surface area contributed by atoms with E-state index in [1.165, 1.54) is 17.2 Å². The number of para-hydroxylation sites is 1. The summed E-state index contributed by atoms with van der Waals surface area (Å²) in [5.74, 6) is 0. The Kier molecular flexibility index (Phi) is 15.1. The van der Waals surface area contributed by atoms with Gasteiger partial charge < -0.3 is 13.9 Å². The lowest BCUT2D eigenvalue weighted by Gasteiger charge is -2.14. The Morgan fingerprint density at radius 2 is 1.66 bits per heavy atom. The Morgan fingerprint density at radius 1 is 1.03 bits per heavy atom. The van der Waals surface area contributed by atoms with Gasteiger partial charge in [-0.15, -0.1) is 13.2 Å². The van der Waals surface area contributed by atoms with Crippen molar-refractivity contribution in [2.24, 2.45) is 0 Å². The number of rotatable bonds is 8. The molecular formula is C25H36O4. The maximum absolute atomic E-state index is 10.7. The van der Waals surface area contributed by atoms with Crippen molar-refractivity contribution in [1.82, 2.24) is 0 Å². The first-order valence-electron chi connectivity index (χ1n) is 9.99. The average molecular weight is 401 g/mol. The molecule has 4 heteroatoms. The van der Waals surface area contributed by atoms with Crippen molar-refractivity contribution in [1.29, 1.82) is 0 Å². The van der Waals surface area contributed by atoms with Crippen LogP contribution in [0.15, 0.2) is 82.1 Å². The zero-order valence-corrected chi connectivity index (χ0v) is 18.6. The van der Waals surface area contributed by atoms with Crippen LogP contribution in [-0.2, 0) is 9.47 Å². The minimum atomic E-state index is -0.302. The van der Waals surface area contributed by atoms with Crippen LogP contribution in [0.2, 0.25) is 0 Å². The summed E-state index contributed by atoms with van der Waals surface area (Å²) < 4.78 is 15.8. The van der Waals surface area contributed by atoms with Crippen LogP contribution in [0.5, 0.6) is 0 Å². The molecule has 2 aromatic rings. The highest BCUT2D eigenvalue weighted by atomic mass is 16.7. The first kappa shape index (κ1) is 26.6. The van der Waals surface area contributed by atoms with Crippen LogP contribution in [0, 0.1) is 0 Å². The first-order chi connectivity index (χ1) is 14.0. The summed E-state index contributed by atoms with van der Waals surface area (Å²) in [5, 5.41) is 0.951. The SMILES string of the molecule is C=C.CCOC(/C=C(\C)CCC=C(C)C)OCC.O=c1ccc2ccccc2o1. The molecule has 0 saturated heterocycles. The average Bonchev–Trinajstić information content (AvgIpc) is 2.70. The molecule has 29 heavy (non-hydrogen) atoms. The van der Waals surface area contributed by atoms with Gasteiger partial charge in [-0.05, 0) is 65.7 Å². The topological polar surface area (TPSA) is 48.7 Å². The Bertz CT molecular complexity index is 792. The minimum Gasteiger partial charge on any atom is -0.423 e. The Morgan fingerprint density at radius 3 is 2.24 bits per heavy atom. The van der Waals surface area contributed by atoms with E-state index in [0.717, 1.165) is 18.2 Å². The van der Waals surface area contributed by atoms with Crippen molar-refractivity contribution in [3.05, 3.63) is 83.3 Å². The van der Waals surface area contributed by atoms with Crippen LogP contribution in [-0.4, -0.2) is 19.5 Å². The molecular weight excluding hydrogens is 364 g/mol. The fraction of sp³-hybridized carbons (Fsp3) is 0.400. The van der Waals surface area contributed by atoms with Gasteiger partial charge in [0.05, 0.1) is 0 Å². The molecule has 0 amide bonds. The maximum atomic E-state index is 10.7. The molecule has 0 aliphatic heterocycles. The third-order valence-electron chi connectivity index (χ3n) is 3.70. The van der Waals surface area contributed by atoms with Crippen molar-refractivity contribution < 1.29 is 13.9 Å². The zero-order chi connectivity index (χ0) is 22.1. The number of hydrogen-bond donors (Lipinski definition) is 0. The van der Waals surface area contributed by atoms with E-state index in [1.54, 1.807) is 12.1 Å². The van der Waals surface area contributed by atoms with E-state index in [1.807, 2.05) is 32.0 Å². The van der Waals surface area contributed by atoms with E-state index in [0.29, 0.717) is 18.8 Å².